The Bertz CT molecular complexity index is 1090. The zero-order valence-electron chi connectivity index (χ0n) is 18.0. The Kier molecular flexibility index (Phi) is 6.40. The Morgan fingerprint density at radius 3 is 2.23 bits per heavy atom. The molecule has 0 unspecified atom stereocenters. The number of para-hydroxylation sites is 1. The van der Waals surface area contributed by atoms with Gasteiger partial charge in [-0.1, -0.05) is 56.3 Å². The number of aryl methyl sites for hydroxylation is 1. The van der Waals surface area contributed by atoms with Crippen molar-refractivity contribution in [1.29, 1.82) is 0 Å². The van der Waals surface area contributed by atoms with Crippen molar-refractivity contribution in [3.63, 3.8) is 0 Å². The molecule has 0 bridgehead atoms. The minimum atomic E-state index is -0.965. The molecule has 0 aliphatic rings. The van der Waals surface area contributed by atoms with Crippen LogP contribution in [0.15, 0.2) is 54.6 Å². The largest absolute Gasteiger partial charge is 0.496 e. The quantitative estimate of drug-likeness (QED) is 0.553. The summed E-state index contributed by atoms with van der Waals surface area (Å²) in [5, 5.41) is 4.78. The van der Waals surface area contributed by atoms with E-state index in [1.807, 2.05) is 49.4 Å². The molecule has 0 saturated carbocycles. The number of amides is 1. The number of rotatable bonds is 6. The maximum Gasteiger partial charge on any atom is 0.342 e. The number of esters is 1. The molecule has 1 amide bonds. The van der Waals surface area contributed by atoms with E-state index in [4.69, 9.17) is 9.47 Å². The molecule has 3 rings (SSSR count). The van der Waals surface area contributed by atoms with Gasteiger partial charge in [0.25, 0.3) is 5.91 Å². The van der Waals surface area contributed by atoms with Gasteiger partial charge >= 0.3 is 5.97 Å². The molecule has 3 aromatic rings. The van der Waals surface area contributed by atoms with E-state index in [9.17, 15) is 9.59 Å². The molecule has 1 N–H and O–H groups in total. The van der Waals surface area contributed by atoms with E-state index >= 15 is 0 Å². The van der Waals surface area contributed by atoms with E-state index in [0.717, 1.165) is 27.6 Å². The van der Waals surface area contributed by atoms with Crippen LogP contribution in [0.2, 0.25) is 0 Å². The van der Waals surface area contributed by atoms with Crippen LogP contribution in [0.25, 0.3) is 10.8 Å². The Labute approximate surface area is 177 Å². The van der Waals surface area contributed by atoms with Gasteiger partial charge in [-0.15, -0.1) is 0 Å². The van der Waals surface area contributed by atoms with Crippen molar-refractivity contribution < 1.29 is 19.1 Å². The fourth-order valence-electron chi connectivity index (χ4n) is 3.39. The zero-order valence-corrected chi connectivity index (χ0v) is 18.0. The molecule has 5 nitrogen and oxygen atoms in total. The molecule has 0 radical (unpaired) electrons. The third kappa shape index (κ3) is 4.46. The number of hydrogen-bond acceptors (Lipinski definition) is 4. The van der Waals surface area contributed by atoms with Crippen molar-refractivity contribution in [2.24, 2.45) is 0 Å². The Morgan fingerprint density at radius 1 is 0.933 bits per heavy atom. The number of ether oxygens (including phenoxy) is 2. The lowest BCUT2D eigenvalue weighted by molar-refractivity contribution is -0.123. The molecule has 0 saturated heterocycles. The number of nitrogens with one attached hydrogen (secondary N) is 1. The number of benzene rings is 3. The van der Waals surface area contributed by atoms with Crippen LogP contribution in [0.1, 0.15) is 48.2 Å². The molecular formula is C25H27NO4. The summed E-state index contributed by atoms with van der Waals surface area (Å²) in [5.74, 6) is -0.319. The minimum Gasteiger partial charge on any atom is -0.496 e. The molecule has 3 aromatic carbocycles. The molecule has 5 heteroatoms. The van der Waals surface area contributed by atoms with Crippen molar-refractivity contribution in [3.05, 3.63) is 71.3 Å². The Hall–Kier alpha value is -3.34. The third-order valence-electron chi connectivity index (χ3n) is 5.12. The van der Waals surface area contributed by atoms with Crippen LogP contribution in [-0.2, 0) is 9.53 Å². The summed E-state index contributed by atoms with van der Waals surface area (Å²) in [6, 6.07) is 17.1. The fourth-order valence-corrected chi connectivity index (χ4v) is 3.39. The van der Waals surface area contributed by atoms with Gasteiger partial charge in [0, 0.05) is 5.69 Å². The van der Waals surface area contributed by atoms with Gasteiger partial charge < -0.3 is 14.8 Å². The molecule has 0 aliphatic heterocycles. The maximum absolute atomic E-state index is 12.8. The van der Waals surface area contributed by atoms with Crippen LogP contribution in [0, 0.1) is 6.92 Å². The van der Waals surface area contributed by atoms with Crippen LogP contribution in [0.3, 0.4) is 0 Å². The Morgan fingerprint density at radius 2 is 1.60 bits per heavy atom. The first kappa shape index (κ1) is 21.4. The number of fused-ring (bicyclic) bond motifs is 1. The normalized spacial score (nSPS) is 11.9. The van der Waals surface area contributed by atoms with E-state index in [1.54, 1.807) is 19.1 Å². The van der Waals surface area contributed by atoms with Gasteiger partial charge in [-0.3, -0.25) is 4.79 Å². The smallest absolute Gasteiger partial charge is 0.342 e. The lowest BCUT2D eigenvalue weighted by Crippen LogP contribution is -2.30. The van der Waals surface area contributed by atoms with E-state index in [1.165, 1.54) is 7.11 Å². The second-order valence-electron chi connectivity index (χ2n) is 7.63. The van der Waals surface area contributed by atoms with E-state index in [0.29, 0.717) is 5.75 Å². The van der Waals surface area contributed by atoms with Gasteiger partial charge in [-0.05, 0) is 53.8 Å². The molecule has 30 heavy (non-hydrogen) atoms. The van der Waals surface area contributed by atoms with Crippen molar-refractivity contribution >= 4 is 28.3 Å². The summed E-state index contributed by atoms with van der Waals surface area (Å²) in [5.41, 5.74) is 3.06. The summed E-state index contributed by atoms with van der Waals surface area (Å²) in [4.78, 5) is 25.5. The first-order chi connectivity index (χ1) is 14.3. The van der Waals surface area contributed by atoms with E-state index in [2.05, 4.69) is 19.2 Å². The molecule has 156 valence electrons. The van der Waals surface area contributed by atoms with E-state index in [-0.39, 0.29) is 17.4 Å². The molecule has 0 heterocycles. The minimum absolute atomic E-state index is 0.250. The number of methoxy groups -OCH3 is 1. The van der Waals surface area contributed by atoms with Crippen molar-refractivity contribution in [3.8, 4) is 5.75 Å². The zero-order chi connectivity index (χ0) is 21.8. The van der Waals surface area contributed by atoms with Gasteiger partial charge in [0.15, 0.2) is 6.10 Å². The van der Waals surface area contributed by atoms with Gasteiger partial charge in [0.1, 0.15) is 11.3 Å². The lowest BCUT2D eigenvalue weighted by atomic mass is 9.98. The highest BCUT2D eigenvalue weighted by atomic mass is 16.5. The molecule has 0 fully saturated rings. The third-order valence-corrected chi connectivity index (χ3v) is 5.12. The highest BCUT2D eigenvalue weighted by Crippen LogP contribution is 2.29. The maximum atomic E-state index is 12.8. The molecule has 0 spiro atoms. The summed E-state index contributed by atoms with van der Waals surface area (Å²) in [6.45, 7) is 7.64. The number of carbonyl (C=O) groups is 2. The summed E-state index contributed by atoms with van der Waals surface area (Å²) >= 11 is 0. The van der Waals surface area contributed by atoms with E-state index < -0.39 is 12.1 Å². The fraction of sp³-hybridized carbons (Fsp3) is 0.280. The van der Waals surface area contributed by atoms with Crippen LogP contribution in [0.5, 0.6) is 5.75 Å². The topological polar surface area (TPSA) is 64.6 Å². The molecule has 1 atom stereocenters. The van der Waals surface area contributed by atoms with Gasteiger partial charge in [0.2, 0.25) is 0 Å². The molecule has 0 aliphatic carbocycles. The second kappa shape index (κ2) is 8.99. The summed E-state index contributed by atoms with van der Waals surface area (Å²) in [7, 11) is 1.50. The highest BCUT2D eigenvalue weighted by molar-refractivity contribution is 6.01. The van der Waals surface area contributed by atoms with Gasteiger partial charge in [-0.25, -0.2) is 4.79 Å². The first-order valence-corrected chi connectivity index (χ1v) is 10.00. The molecular weight excluding hydrogens is 378 g/mol. The average molecular weight is 405 g/mol. The summed E-state index contributed by atoms with van der Waals surface area (Å²) in [6.07, 6.45) is -0.965. The monoisotopic (exact) mass is 405 g/mol. The predicted molar refractivity (Wildman–Crippen MR) is 119 cm³/mol. The number of anilines is 1. The highest BCUT2D eigenvalue weighted by Gasteiger charge is 2.23. The SMILES string of the molecule is COc1cc2ccccc2cc1C(=O)O[C@H](C)C(=O)Nc1c(C)cccc1C(C)C. The standard InChI is InChI=1S/C25H27NO4/c1-15(2)20-12-8-9-16(3)23(20)26-24(27)17(4)30-25(28)21-13-18-10-6-7-11-19(18)14-22(21)29-5/h6-15,17H,1-5H3,(H,26,27)/t17-/m1/s1. The second-order valence-corrected chi connectivity index (χ2v) is 7.63. The van der Waals surface area contributed by atoms with Gasteiger partial charge in [-0.2, -0.15) is 0 Å². The van der Waals surface area contributed by atoms with Crippen molar-refractivity contribution in [2.45, 2.75) is 39.7 Å². The van der Waals surface area contributed by atoms with Crippen LogP contribution < -0.4 is 10.1 Å². The summed E-state index contributed by atoms with van der Waals surface area (Å²) < 4.78 is 10.8. The lowest BCUT2D eigenvalue weighted by Gasteiger charge is -2.19. The average Bonchev–Trinajstić information content (AvgIpc) is 2.73. The Balaban J connectivity index is 1.79. The number of hydrogen-bond donors (Lipinski definition) is 1. The van der Waals surface area contributed by atoms with Crippen molar-refractivity contribution in [1.82, 2.24) is 0 Å². The van der Waals surface area contributed by atoms with Crippen LogP contribution in [0.4, 0.5) is 5.69 Å². The molecule has 0 aromatic heterocycles. The van der Waals surface area contributed by atoms with Crippen molar-refractivity contribution in [2.75, 3.05) is 12.4 Å². The van der Waals surface area contributed by atoms with Gasteiger partial charge in [0.05, 0.1) is 7.11 Å². The number of carbonyl (C=O) groups excluding carboxylic acids is 2. The first-order valence-electron chi connectivity index (χ1n) is 10.00. The van der Waals surface area contributed by atoms with Crippen LogP contribution in [-0.4, -0.2) is 25.1 Å². The predicted octanol–water partition coefficient (Wildman–Crippen LogP) is 5.46. The van der Waals surface area contributed by atoms with Crippen LogP contribution >= 0.6 is 0 Å².